The zero-order valence-electron chi connectivity index (χ0n) is 5.76. The summed E-state index contributed by atoms with van der Waals surface area (Å²) in [5.41, 5.74) is 6.03. The SMILES string of the molecule is Cl.N#CC12CC(CN)(C1)C2. The van der Waals surface area contributed by atoms with E-state index in [0.717, 1.165) is 25.8 Å². The molecule has 2 bridgehead atoms. The van der Waals surface area contributed by atoms with Crippen LogP contribution in [0.25, 0.3) is 0 Å². The molecule has 0 aromatic carbocycles. The Morgan fingerprint density at radius 2 is 1.90 bits per heavy atom. The van der Waals surface area contributed by atoms with Crippen molar-refractivity contribution in [2.75, 3.05) is 6.54 Å². The minimum absolute atomic E-state index is 0. The average Bonchev–Trinajstić information content (AvgIpc) is 1.62. The third kappa shape index (κ3) is 0.624. The lowest BCUT2D eigenvalue weighted by molar-refractivity contribution is -0.154. The van der Waals surface area contributed by atoms with E-state index in [2.05, 4.69) is 6.07 Å². The van der Waals surface area contributed by atoms with Gasteiger partial charge in [-0.1, -0.05) is 0 Å². The smallest absolute Gasteiger partial charge is 0.0690 e. The first-order valence-electron chi connectivity index (χ1n) is 3.36. The summed E-state index contributed by atoms with van der Waals surface area (Å²) in [5.74, 6) is 0. The molecule has 3 aliphatic rings. The van der Waals surface area contributed by atoms with Gasteiger partial charge in [-0.15, -0.1) is 12.4 Å². The molecule has 3 saturated carbocycles. The van der Waals surface area contributed by atoms with Crippen LogP contribution >= 0.6 is 12.4 Å². The van der Waals surface area contributed by atoms with Gasteiger partial charge in [0.1, 0.15) is 0 Å². The van der Waals surface area contributed by atoms with Gasteiger partial charge in [-0.25, -0.2) is 0 Å². The van der Waals surface area contributed by atoms with Crippen LogP contribution in [0.2, 0.25) is 0 Å². The minimum atomic E-state index is 0. The lowest BCUT2D eigenvalue weighted by Crippen LogP contribution is -2.63. The summed E-state index contributed by atoms with van der Waals surface area (Å²) in [7, 11) is 0. The molecule has 0 radical (unpaired) electrons. The molecule has 0 atom stereocenters. The summed E-state index contributed by atoms with van der Waals surface area (Å²) >= 11 is 0. The van der Waals surface area contributed by atoms with Crippen molar-refractivity contribution in [1.82, 2.24) is 0 Å². The fraction of sp³-hybridized carbons (Fsp3) is 0.857. The Labute approximate surface area is 66.8 Å². The molecule has 3 heteroatoms. The molecule has 0 aromatic heterocycles. The number of nitrogens with zero attached hydrogens (tertiary/aromatic N) is 1. The fourth-order valence-electron chi connectivity index (χ4n) is 2.33. The van der Waals surface area contributed by atoms with Gasteiger partial charge < -0.3 is 5.73 Å². The summed E-state index contributed by atoms with van der Waals surface area (Å²) in [6, 6.07) is 2.35. The fourth-order valence-corrected chi connectivity index (χ4v) is 2.33. The second-order valence-corrected chi connectivity index (χ2v) is 3.63. The molecule has 0 saturated heterocycles. The molecule has 3 fully saturated rings. The molecule has 0 heterocycles. The van der Waals surface area contributed by atoms with Gasteiger partial charge in [0.05, 0.1) is 11.5 Å². The number of halogens is 1. The van der Waals surface area contributed by atoms with Crippen molar-refractivity contribution in [1.29, 1.82) is 5.26 Å². The van der Waals surface area contributed by atoms with Crippen molar-refractivity contribution < 1.29 is 0 Å². The maximum atomic E-state index is 8.60. The van der Waals surface area contributed by atoms with Crippen molar-refractivity contribution in [2.24, 2.45) is 16.6 Å². The van der Waals surface area contributed by atoms with E-state index in [1.165, 1.54) is 0 Å². The first kappa shape index (κ1) is 7.84. The second-order valence-electron chi connectivity index (χ2n) is 3.63. The normalized spacial score (nSPS) is 47.6. The minimum Gasteiger partial charge on any atom is -0.330 e. The Balaban J connectivity index is 0.000000500. The molecule has 0 amide bonds. The Kier molecular flexibility index (Phi) is 1.47. The van der Waals surface area contributed by atoms with Crippen LogP contribution in [0.5, 0.6) is 0 Å². The van der Waals surface area contributed by atoms with Crippen LogP contribution in [0, 0.1) is 22.2 Å². The highest BCUT2D eigenvalue weighted by Crippen LogP contribution is 2.72. The Morgan fingerprint density at radius 1 is 1.40 bits per heavy atom. The van der Waals surface area contributed by atoms with Gasteiger partial charge in [0.25, 0.3) is 0 Å². The van der Waals surface area contributed by atoms with Gasteiger partial charge in [-0.3, -0.25) is 0 Å². The average molecular weight is 159 g/mol. The molecule has 56 valence electrons. The molecular formula is C7H11ClN2. The van der Waals surface area contributed by atoms with Crippen LogP contribution in [0.1, 0.15) is 19.3 Å². The van der Waals surface area contributed by atoms with Crippen LogP contribution in [0.4, 0.5) is 0 Å². The Morgan fingerprint density at radius 3 is 2.20 bits per heavy atom. The zero-order valence-corrected chi connectivity index (χ0v) is 6.58. The summed E-state index contributed by atoms with van der Waals surface area (Å²) in [6.45, 7) is 0.788. The van der Waals surface area contributed by atoms with Crippen LogP contribution < -0.4 is 5.73 Å². The van der Waals surface area contributed by atoms with E-state index in [9.17, 15) is 0 Å². The molecule has 3 aliphatic carbocycles. The summed E-state index contributed by atoms with van der Waals surface area (Å²) in [6.07, 6.45) is 3.23. The van der Waals surface area contributed by atoms with Crippen molar-refractivity contribution in [3.63, 3.8) is 0 Å². The van der Waals surface area contributed by atoms with Crippen LogP contribution in [0.15, 0.2) is 0 Å². The third-order valence-corrected chi connectivity index (χ3v) is 2.81. The van der Waals surface area contributed by atoms with Gasteiger partial charge in [0, 0.05) is 0 Å². The highest BCUT2D eigenvalue weighted by atomic mass is 35.5. The standard InChI is InChI=1S/C7H10N2.ClH/c8-4-6-1-7(2-6,3-6)5-9;/h1-4,8H2;1H. The predicted octanol–water partition coefficient (Wildman–Crippen LogP) is 1.06. The number of rotatable bonds is 1. The summed E-state index contributed by atoms with van der Waals surface area (Å²) < 4.78 is 0. The van der Waals surface area contributed by atoms with Crippen molar-refractivity contribution >= 4 is 12.4 Å². The van der Waals surface area contributed by atoms with Crippen LogP contribution in [-0.2, 0) is 0 Å². The quantitative estimate of drug-likeness (QED) is 0.621. The first-order valence-corrected chi connectivity index (χ1v) is 3.36. The van der Waals surface area contributed by atoms with Gasteiger partial charge in [-0.05, 0) is 31.2 Å². The number of nitriles is 1. The summed E-state index contributed by atoms with van der Waals surface area (Å²) in [4.78, 5) is 0. The van der Waals surface area contributed by atoms with Gasteiger partial charge >= 0.3 is 0 Å². The molecule has 10 heavy (non-hydrogen) atoms. The molecule has 2 N–H and O–H groups in total. The van der Waals surface area contributed by atoms with E-state index in [4.69, 9.17) is 11.0 Å². The van der Waals surface area contributed by atoms with Crippen molar-refractivity contribution in [3.05, 3.63) is 0 Å². The molecular weight excluding hydrogens is 148 g/mol. The lowest BCUT2D eigenvalue weighted by atomic mass is 9.36. The topological polar surface area (TPSA) is 49.8 Å². The molecule has 0 aromatic rings. The van der Waals surface area contributed by atoms with E-state index in [1.54, 1.807) is 0 Å². The van der Waals surface area contributed by atoms with Crippen LogP contribution in [0.3, 0.4) is 0 Å². The monoisotopic (exact) mass is 158 g/mol. The molecule has 2 nitrogen and oxygen atoms in total. The molecule has 0 aliphatic heterocycles. The third-order valence-electron chi connectivity index (χ3n) is 2.81. The highest BCUT2D eigenvalue weighted by molar-refractivity contribution is 5.85. The largest absolute Gasteiger partial charge is 0.330 e. The first-order chi connectivity index (χ1) is 4.24. The van der Waals surface area contributed by atoms with Gasteiger partial charge in [-0.2, -0.15) is 5.26 Å². The number of hydrogen-bond acceptors (Lipinski definition) is 2. The Hall–Kier alpha value is -0.260. The van der Waals surface area contributed by atoms with Gasteiger partial charge in [0.2, 0.25) is 0 Å². The van der Waals surface area contributed by atoms with E-state index in [-0.39, 0.29) is 17.8 Å². The Bertz CT molecular complexity index is 174. The lowest BCUT2D eigenvalue weighted by Gasteiger charge is -2.67. The van der Waals surface area contributed by atoms with E-state index < -0.39 is 0 Å². The molecule has 3 rings (SSSR count). The van der Waals surface area contributed by atoms with E-state index in [1.807, 2.05) is 0 Å². The molecule has 0 unspecified atom stereocenters. The van der Waals surface area contributed by atoms with Gasteiger partial charge in [0.15, 0.2) is 0 Å². The predicted molar refractivity (Wildman–Crippen MR) is 40.6 cm³/mol. The number of nitrogens with two attached hydrogens (primary N) is 1. The number of hydrogen-bond donors (Lipinski definition) is 1. The molecule has 0 spiro atoms. The summed E-state index contributed by atoms with van der Waals surface area (Å²) in [5, 5.41) is 8.60. The zero-order chi connectivity index (χ0) is 6.54. The van der Waals surface area contributed by atoms with Crippen LogP contribution in [-0.4, -0.2) is 6.54 Å². The van der Waals surface area contributed by atoms with Crippen molar-refractivity contribution in [2.45, 2.75) is 19.3 Å². The second kappa shape index (κ2) is 1.87. The van der Waals surface area contributed by atoms with Crippen molar-refractivity contribution in [3.8, 4) is 6.07 Å². The van der Waals surface area contributed by atoms with E-state index in [0.29, 0.717) is 5.41 Å². The van der Waals surface area contributed by atoms with E-state index >= 15 is 0 Å². The highest BCUT2D eigenvalue weighted by Gasteiger charge is 2.67. The maximum absolute atomic E-state index is 8.60. The maximum Gasteiger partial charge on any atom is 0.0690 e.